The first-order valence-electron chi connectivity index (χ1n) is 5.39. The van der Waals surface area contributed by atoms with Crippen molar-refractivity contribution in [3.63, 3.8) is 0 Å². The van der Waals surface area contributed by atoms with Crippen LogP contribution in [-0.4, -0.2) is 31.0 Å². The molecule has 0 saturated carbocycles. The van der Waals surface area contributed by atoms with Gasteiger partial charge in [0.2, 0.25) is 0 Å². The van der Waals surface area contributed by atoms with Crippen molar-refractivity contribution in [1.82, 2.24) is 0 Å². The lowest BCUT2D eigenvalue weighted by Gasteiger charge is -2.27. The Bertz CT molecular complexity index is 137. The summed E-state index contributed by atoms with van der Waals surface area (Å²) in [5.74, 6) is 0. The summed E-state index contributed by atoms with van der Waals surface area (Å²) in [7, 11) is -0.780. The topological polar surface area (TPSA) is 18.5 Å². The van der Waals surface area contributed by atoms with Gasteiger partial charge in [-0.05, 0) is 50.2 Å². The molecule has 0 amide bonds. The third-order valence-electron chi connectivity index (χ3n) is 1.31. The first kappa shape index (κ1) is 16.5. The predicted molar refractivity (Wildman–Crippen MR) is 70.1 cm³/mol. The summed E-state index contributed by atoms with van der Waals surface area (Å²) in [6, 6.07) is 0. The molecular formula is C10H26O2Si2. The Morgan fingerprint density at radius 2 is 1.36 bits per heavy atom. The quantitative estimate of drug-likeness (QED) is 0.678. The van der Waals surface area contributed by atoms with Gasteiger partial charge in [0.25, 0.3) is 0 Å². The molecule has 2 nitrogen and oxygen atoms in total. The molecule has 0 bridgehead atoms. The summed E-state index contributed by atoms with van der Waals surface area (Å²) < 4.78 is 11.4. The van der Waals surface area contributed by atoms with Crippen LogP contribution in [0.25, 0.3) is 0 Å². The number of rotatable bonds is 5. The molecular weight excluding hydrogens is 208 g/mol. The average Bonchev–Trinajstić information content (AvgIpc) is 2.05. The predicted octanol–water partition coefficient (Wildman–Crippen LogP) is 2.03. The van der Waals surface area contributed by atoms with Crippen LogP contribution in [0.5, 0.6) is 0 Å². The molecule has 86 valence electrons. The maximum atomic E-state index is 5.70. The molecule has 0 aromatic heterocycles. The van der Waals surface area contributed by atoms with Gasteiger partial charge in [0, 0.05) is 12.2 Å². The van der Waals surface area contributed by atoms with Crippen molar-refractivity contribution >= 4 is 18.8 Å². The van der Waals surface area contributed by atoms with Crippen molar-refractivity contribution in [2.24, 2.45) is 0 Å². The highest BCUT2D eigenvalue weighted by molar-refractivity contribution is 6.71. The smallest absolute Gasteiger partial charge is 0.361 e. The van der Waals surface area contributed by atoms with Gasteiger partial charge < -0.3 is 8.85 Å². The van der Waals surface area contributed by atoms with Crippen LogP contribution in [0.1, 0.15) is 27.7 Å². The van der Waals surface area contributed by atoms with Gasteiger partial charge in [0.1, 0.15) is 0 Å². The molecule has 0 spiro atoms. The molecule has 0 aromatic carbocycles. The second kappa shape index (κ2) is 8.41. The second-order valence-corrected chi connectivity index (χ2v) is 6.46. The van der Waals surface area contributed by atoms with Gasteiger partial charge in [-0.15, -0.1) is 6.58 Å². The summed E-state index contributed by atoms with van der Waals surface area (Å²) in [6.07, 6.45) is 0.414. The average molecular weight is 234 g/mol. The minimum atomic E-state index is -2.09. The van der Waals surface area contributed by atoms with Crippen molar-refractivity contribution in [1.29, 1.82) is 0 Å². The largest absolute Gasteiger partial charge is 0.389 e. The number of hydrogen-bond donors (Lipinski definition) is 0. The van der Waals surface area contributed by atoms with Gasteiger partial charge in [0.05, 0.1) is 0 Å². The van der Waals surface area contributed by atoms with E-state index in [1.807, 2.05) is 39.9 Å². The fourth-order valence-electron chi connectivity index (χ4n) is 1.06. The van der Waals surface area contributed by atoms with Crippen molar-refractivity contribution in [2.75, 3.05) is 0 Å². The minimum absolute atomic E-state index is 0.207. The summed E-state index contributed by atoms with van der Waals surface area (Å²) in [6.45, 7) is 16.0. The monoisotopic (exact) mass is 234 g/mol. The summed E-state index contributed by atoms with van der Waals surface area (Å²) in [5, 5.41) is 0. The van der Waals surface area contributed by atoms with E-state index in [1.165, 1.54) is 10.2 Å². The first-order chi connectivity index (χ1) is 6.39. The van der Waals surface area contributed by atoms with Crippen LogP contribution in [0.2, 0.25) is 13.1 Å². The number of hydrogen-bond acceptors (Lipinski definition) is 2. The second-order valence-electron chi connectivity index (χ2n) is 3.55. The van der Waals surface area contributed by atoms with Crippen molar-refractivity contribution < 1.29 is 8.85 Å². The zero-order valence-electron chi connectivity index (χ0n) is 10.8. The van der Waals surface area contributed by atoms with Gasteiger partial charge >= 0.3 is 8.56 Å². The van der Waals surface area contributed by atoms with Crippen LogP contribution in [0.15, 0.2) is 12.3 Å². The molecule has 0 aliphatic carbocycles. The Hall–Kier alpha value is 0.0938. The Kier molecular flexibility index (Phi) is 9.92. The Balaban J connectivity index is 0. The lowest BCUT2D eigenvalue weighted by Crippen LogP contribution is -2.41. The molecule has 0 aliphatic rings. The zero-order valence-corrected chi connectivity index (χ0v) is 13.8. The van der Waals surface area contributed by atoms with Crippen molar-refractivity contribution in [2.45, 2.75) is 53.0 Å². The summed E-state index contributed by atoms with van der Waals surface area (Å²) >= 11 is 0. The lowest BCUT2D eigenvalue weighted by molar-refractivity contribution is 0.119. The van der Waals surface area contributed by atoms with Gasteiger partial charge in [-0.3, -0.25) is 0 Å². The van der Waals surface area contributed by atoms with Crippen LogP contribution in [0.3, 0.4) is 0 Å². The lowest BCUT2D eigenvalue weighted by atomic mass is 10.5. The minimum Gasteiger partial charge on any atom is -0.389 e. The molecule has 0 N–H and O–H groups in total. The van der Waals surface area contributed by atoms with Gasteiger partial charge in [0.15, 0.2) is 0 Å². The van der Waals surface area contributed by atoms with Crippen molar-refractivity contribution in [3.8, 4) is 0 Å². The van der Waals surface area contributed by atoms with E-state index in [9.17, 15) is 0 Å². The molecule has 0 saturated heterocycles. The van der Waals surface area contributed by atoms with Crippen molar-refractivity contribution in [3.05, 3.63) is 12.3 Å². The summed E-state index contributed by atoms with van der Waals surface area (Å²) in [4.78, 5) is 0. The van der Waals surface area contributed by atoms with Gasteiger partial charge in [-0.1, -0.05) is 6.55 Å². The molecule has 0 aromatic rings. The molecule has 0 unspecified atom stereocenters. The standard InChI is InChI=1S/C9H20O2Si.CH6Si/c1-7-12(6,10-8(2)3)11-9(4)5;1-2/h7-9H,1H2,2-6H3;1-2H3. The van der Waals surface area contributed by atoms with Crippen LogP contribution >= 0.6 is 0 Å². The highest BCUT2D eigenvalue weighted by Gasteiger charge is 2.29. The van der Waals surface area contributed by atoms with E-state index in [0.29, 0.717) is 0 Å². The normalized spacial score (nSPS) is 11.4. The third kappa shape index (κ3) is 8.68. The zero-order chi connectivity index (χ0) is 11.8. The van der Waals surface area contributed by atoms with Crippen LogP contribution < -0.4 is 0 Å². The van der Waals surface area contributed by atoms with E-state index in [2.05, 4.69) is 13.1 Å². The molecule has 0 atom stereocenters. The molecule has 0 heterocycles. The summed E-state index contributed by atoms with van der Waals surface area (Å²) in [5.41, 5.74) is 1.83. The third-order valence-corrected chi connectivity index (χ3v) is 3.93. The molecule has 0 aliphatic heterocycles. The fraction of sp³-hybridized carbons (Fsp3) is 0.800. The van der Waals surface area contributed by atoms with E-state index < -0.39 is 8.56 Å². The maximum absolute atomic E-state index is 5.70. The van der Waals surface area contributed by atoms with E-state index >= 15 is 0 Å². The van der Waals surface area contributed by atoms with E-state index in [1.54, 1.807) is 0 Å². The Morgan fingerprint density at radius 3 is 1.50 bits per heavy atom. The van der Waals surface area contributed by atoms with Crippen LogP contribution in [0, 0.1) is 0 Å². The first-order valence-corrected chi connectivity index (χ1v) is 9.78. The van der Waals surface area contributed by atoms with Gasteiger partial charge in [-0.25, -0.2) is 0 Å². The van der Waals surface area contributed by atoms with Crippen LogP contribution in [-0.2, 0) is 8.85 Å². The van der Waals surface area contributed by atoms with E-state index in [4.69, 9.17) is 8.85 Å². The van der Waals surface area contributed by atoms with E-state index in [-0.39, 0.29) is 12.2 Å². The Morgan fingerprint density at radius 1 is 1.07 bits per heavy atom. The van der Waals surface area contributed by atoms with Gasteiger partial charge in [-0.2, -0.15) is 0 Å². The maximum Gasteiger partial charge on any atom is 0.361 e. The van der Waals surface area contributed by atoms with Crippen LogP contribution in [0.4, 0.5) is 0 Å². The fourth-order valence-corrected chi connectivity index (χ4v) is 3.18. The molecule has 0 radical (unpaired) electrons. The molecule has 0 rings (SSSR count). The highest BCUT2D eigenvalue weighted by atomic mass is 28.4. The molecule has 0 fully saturated rings. The molecule has 14 heavy (non-hydrogen) atoms. The SMILES string of the molecule is C=C[Si](C)(OC(C)C)OC(C)C.C[SiH3]. The Labute approximate surface area is 93.4 Å². The highest BCUT2D eigenvalue weighted by Crippen LogP contribution is 2.13. The molecule has 4 heteroatoms. The van der Waals surface area contributed by atoms with E-state index in [0.717, 1.165) is 0 Å².